The predicted octanol–water partition coefficient (Wildman–Crippen LogP) is 1.87. The van der Waals surface area contributed by atoms with Crippen LogP contribution in [0.25, 0.3) is 0 Å². The highest BCUT2D eigenvalue weighted by atomic mass is 19.1. The van der Waals surface area contributed by atoms with Crippen LogP contribution in [0.2, 0.25) is 0 Å². The number of nitrogens with two attached hydrogens (primary N) is 1. The van der Waals surface area contributed by atoms with E-state index in [0.29, 0.717) is 25.3 Å². The van der Waals surface area contributed by atoms with E-state index in [0.717, 1.165) is 5.56 Å². The molecule has 4 heteroatoms. The van der Waals surface area contributed by atoms with E-state index in [1.54, 1.807) is 13.0 Å². The maximum absolute atomic E-state index is 13.5. The molecule has 3 nitrogen and oxygen atoms in total. The number of hydrogen-bond donors (Lipinski definition) is 1. The van der Waals surface area contributed by atoms with E-state index in [1.807, 2.05) is 0 Å². The Morgan fingerprint density at radius 2 is 2.13 bits per heavy atom. The molecule has 1 aromatic carbocycles. The molecular formula is C11H16FNO2. The first-order chi connectivity index (χ1) is 7.19. The lowest BCUT2D eigenvalue weighted by Gasteiger charge is -2.11. The van der Waals surface area contributed by atoms with E-state index >= 15 is 0 Å². The number of rotatable bonds is 5. The zero-order valence-electron chi connectivity index (χ0n) is 9.05. The fourth-order valence-corrected chi connectivity index (χ4v) is 1.25. The summed E-state index contributed by atoms with van der Waals surface area (Å²) >= 11 is 0. The van der Waals surface area contributed by atoms with Crippen LogP contribution in [0.5, 0.6) is 11.5 Å². The Labute approximate surface area is 89.0 Å². The molecule has 0 saturated carbocycles. The number of aryl methyl sites for hydroxylation is 1. The molecule has 0 saturated heterocycles. The smallest absolute Gasteiger partial charge is 0.197 e. The van der Waals surface area contributed by atoms with Crippen molar-refractivity contribution in [2.75, 3.05) is 20.3 Å². The summed E-state index contributed by atoms with van der Waals surface area (Å²) in [6.07, 6.45) is 0.691. The van der Waals surface area contributed by atoms with Gasteiger partial charge in [-0.2, -0.15) is 0 Å². The van der Waals surface area contributed by atoms with Gasteiger partial charge in [-0.1, -0.05) is 0 Å². The minimum atomic E-state index is -0.399. The molecule has 0 aliphatic rings. The van der Waals surface area contributed by atoms with Gasteiger partial charge in [-0.25, -0.2) is 4.39 Å². The van der Waals surface area contributed by atoms with Gasteiger partial charge in [-0.15, -0.1) is 0 Å². The maximum Gasteiger partial charge on any atom is 0.197 e. The van der Waals surface area contributed by atoms with Crippen LogP contribution in [0, 0.1) is 12.7 Å². The SMILES string of the molecule is COc1cc(C)cc(F)c1OCCCN. The molecule has 0 amide bonds. The summed E-state index contributed by atoms with van der Waals surface area (Å²) in [7, 11) is 1.49. The fraction of sp³-hybridized carbons (Fsp3) is 0.455. The van der Waals surface area contributed by atoms with Gasteiger partial charge in [0.15, 0.2) is 17.3 Å². The number of hydrogen-bond acceptors (Lipinski definition) is 3. The van der Waals surface area contributed by atoms with Crippen LogP contribution in [0.15, 0.2) is 12.1 Å². The molecule has 2 N–H and O–H groups in total. The Kier molecular flexibility index (Phi) is 4.37. The van der Waals surface area contributed by atoms with Gasteiger partial charge in [0.1, 0.15) is 0 Å². The topological polar surface area (TPSA) is 44.5 Å². The quantitative estimate of drug-likeness (QED) is 0.759. The molecule has 0 heterocycles. The molecular weight excluding hydrogens is 197 g/mol. The van der Waals surface area contributed by atoms with Crippen molar-refractivity contribution in [1.82, 2.24) is 0 Å². The average Bonchev–Trinajstić information content (AvgIpc) is 2.20. The Morgan fingerprint density at radius 3 is 2.73 bits per heavy atom. The lowest BCUT2D eigenvalue weighted by molar-refractivity contribution is 0.276. The van der Waals surface area contributed by atoms with Gasteiger partial charge in [0.2, 0.25) is 0 Å². The van der Waals surface area contributed by atoms with E-state index in [-0.39, 0.29) is 5.75 Å². The highest BCUT2D eigenvalue weighted by molar-refractivity contribution is 5.43. The van der Waals surface area contributed by atoms with Crippen molar-refractivity contribution in [2.24, 2.45) is 5.73 Å². The van der Waals surface area contributed by atoms with E-state index < -0.39 is 5.82 Å². The fourth-order valence-electron chi connectivity index (χ4n) is 1.25. The average molecular weight is 213 g/mol. The van der Waals surface area contributed by atoms with E-state index in [9.17, 15) is 4.39 Å². The summed E-state index contributed by atoms with van der Waals surface area (Å²) in [6, 6.07) is 3.15. The third kappa shape index (κ3) is 3.09. The number of methoxy groups -OCH3 is 1. The van der Waals surface area contributed by atoms with Gasteiger partial charge in [-0.3, -0.25) is 0 Å². The molecule has 0 aliphatic carbocycles. The van der Waals surface area contributed by atoms with Crippen molar-refractivity contribution in [3.8, 4) is 11.5 Å². The van der Waals surface area contributed by atoms with Crippen molar-refractivity contribution >= 4 is 0 Å². The molecule has 0 aliphatic heterocycles. The van der Waals surface area contributed by atoms with Crippen LogP contribution in [0.1, 0.15) is 12.0 Å². The molecule has 0 aromatic heterocycles. The van der Waals surface area contributed by atoms with Crippen molar-refractivity contribution in [2.45, 2.75) is 13.3 Å². The van der Waals surface area contributed by atoms with Crippen molar-refractivity contribution in [3.05, 3.63) is 23.5 Å². The molecule has 1 aromatic rings. The molecule has 0 spiro atoms. The zero-order chi connectivity index (χ0) is 11.3. The molecule has 15 heavy (non-hydrogen) atoms. The molecule has 1 rings (SSSR count). The Hall–Kier alpha value is -1.29. The monoisotopic (exact) mass is 213 g/mol. The summed E-state index contributed by atoms with van der Waals surface area (Å²) in [6.45, 7) is 2.72. The van der Waals surface area contributed by atoms with Crippen LogP contribution in [-0.4, -0.2) is 20.3 Å². The number of ether oxygens (including phenoxy) is 2. The summed E-state index contributed by atoms with van der Waals surface area (Å²) in [4.78, 5) is 0. The molecule has 0 radical (unpaired) electrons. The summed E-state index contributed by atoms with van der Waals surface area (Å²) in [5.74, 6) is 0.185. The van der Waals surface area contributed by atoms with Crippen LogP contribution in [-0.2, 0) is 0 Å². The summed E-state index contributed by atoms with van der Waals surface area (Å²) < 4.78 is 23.8. The van der Waals surface area contributed by atoms with Gasteiger partial charge >= 0.3 is 0 Å². The lowest BCUT2D eigenvalue weighted by atomic mass is 10.2. The highest BCUT2D eigenvalue weighted by Gasteiger charge is 2.11. The number of halogens is 1. The first-order valence-electron chi connectivity index (χ1n) is 4.86. The van der Waals surface area contributed by atoms with Crippen molar-refractivity contribution in [3.63, 3.8) is 0 Å². The lowest BCUT2D eigenvalue weighted by Crippen LogP contribution is -2.07. The van der Waals surface area contributed by atoms with Crippen molar-refractivity contribution < 1.29 is 13.9 Å². The van der Waals surface area contributed by atoms with Gasteiger partial charge in [0.25, 0.3) is 0 Å². The van der Waals surface area contributed by atoms with Gasteiger partial charge in [-0.05, 0) is 37.6 Å². The molecule has 0 unspecified atom stereocenters. The maximum atomic E-state index is 13.5. The Bertz CT molecular complexity index is 329. The Balaban J connectivity index is 2.84. The normalized spacial score (nSPS) is 10.1. The van der Waals surface area contributed by atoms with Crippen LogP contribution < -0.4 is 15.2 Å². The van der Waals surface area contributed by atoms with Crippen LogP contribution in [0.4, 0.5) is 4.39 Å². The predicted molar refractivity (Wildman–Crippen MR) is 56.9 cm³/mol. The summed E-state index contributed by atoms with van der Waals surface area (Å²) in [5.41, 5.74) is 6.12. The van der Waals surface area contributed by atoms with Gasteiger partial charge < -0.3 is 15.2 Å². The van der Waals surface area contributed by atoms with Crippen LogP contribution in [0.3, 0.4) is 0 Å². The second kappa shape index (κ2) is 5.56. The molecule has 0 atom stereocenters. The van der Waals surface area contributed by atoms with Crippen LogP contribution >= 0.6 is 0 Å². The largest absolute Gasteiger partial charge is 0.493 e. The minimum Gasteiger partial charge on any atom is -0.493 e. The first kappa shape index (κ1) is 11.8. The van der Waals surface area contributed by atoms with E-state index in [4.69, 9.17) is 15.2 Å². The van der Waals surface area contributed by atoms with Gasteiger partial charge in [0, 0.05) is 0 Å². The first-order valence-corrected chi connectivity index (χ1v) is 4.86. The third-order valence-corrected chi connectivity index (χ3v) is 1.97. The van der Waals surface area contributed by atoms with E-state index in [1.165, 1.54) is 13.2 Å². The Morgan fingerprint density at radius 1 is 1.40 bits per heavy atom. The third-order valence-electron chi connectivity index (χ3n) is 1.97. The standard InChI is InChI=1S/C11H16FNO2/c1-8-6-9(12)11(10(7-8)14-2)15-5-3-4-13/h6-7H,3-5,13H2,1-2H3. The zero-order valence-corrected chi connectivity index (χ0v) is 9.05. The van der Waals surface area contributed by atoms with Crippen molar-refractivity contribution in [1.29, 1.82) is 0 Å². The highest BCUT2D eigenvalue weighted by Crippen LogP contribution is 2.31. The van der Waals surface area contributed by atoms with E-state index in [2.05, 4.69) is 0 Å². The minimum absolute atomic E-state index is 0.163. The molecule has 0 bridgehead atoms. The summed E-state index contributed by atoms with van der Waals surface area (Å²) in [5, 5.41) is 0. The molecule has 84 valence electrons. The second-order valence-electron chi connectivity index (χ2n) is 3.27. The second-order valence-corrected chi connectivity index (χ2v) is 3.27. The molecule has 0 fully saturated rings. The van der Waals surface area contributed by atoms with Gasteiger partial charge in [0.05, 0.1) is 13.7 Å². The number of benzene rings is 1.